The third-order valence-electron chi connectivity index (χ3n) is 4.58. The van der Waals surface area contributed by atoms with Gasteiger partial charge in [-0.3, -0.25) is 14.3 Å². The quantitative estimate of drug-likeness (QED) is 0.817. The van der Waals surface area contributed by atoms with Crippen LogP contribution in [0.2, 0.25) is 0 Å². The molecule has 2 aromatic rings. The third kappa shape index (κ3) is 3.30. The number of hydrogen-bond donors (Lipinski definition) is 0. The van der Waals surface area contributed by atoms with E-state index >= 15 is 0 Å². The molecule has 23 heavy (non-hydrogen) atoms. The van der Waals surface area contributed by atoms with Crippen molar-refractivity contribution in [1.29, 1.82) is 0 Å². The molecule has 7 heteroatoms. The summed E-state index contributed by atoms with van der Waals surface area (Å²) in [6, 6.07) is 7.44. The van der Waals surface area contributed by atoms with Gasteiger partial charge >= 0.3 is 0 Å². The van der Waals surface area contributed by atoms with Crippen LogP contribution in [0.5, 0.6) is 0 Å². The number of rotatable bonds is 2. The molecule has 0 amide bonds. The average Bonchev–Trinajstić information content (AvgIpc) is 2.65. The first-order chi connectivity index (χ1) is 10.9. The first kappa shape index (κ1) is 16.1. The standard InChI is InChI=1S/C16H21N3O3S/c1-12-7-9-23(21,22)10-8-19(12)11-15-17-14-6-4-3-5-13(14)16(20)18(15)2/h3-6,12H,7-11H2,1-2H3. The van der Waals surface area contributed by atoms with Crippen LogP contribution in [0.25, 0.3) is 10.9 Å². The second-order valence-corrected chi connectivity index (χ2v) is 8.47. The molecule has 1 unspecified atom stereocenters. The van der Waals surface area contributed by atoms with Crippen molar-refractivity contribution in [3.63, 3.8) is 0 Å². The summed E-state index contributed by atoms with van der Waals surface area (Å²) >= 11 is 0. The summed E-state index contributed by atoms with van der Waals surface area (Å²) in [5.41, 5.74) is 0.612. The average molecular weight is 335 g/mol. The van der Waals surface area contributed by atoms with E-state index in [0.717, 1.165) is 0 Å². The third-order valence-corrected chi connectivity index (χ3v) is 6.24. The molecule has 1 saturated heterocycles. The number of para-hydroxylation sites is 1. The summed E-state index contributed by atoms with van der Waals surface area (Å²) in [5, 5.41) is 0.602. The van der Waals surface area contributed by atoms with Gasteiger partial charge in [0.25, 0.3) is 5.56 Å². The summed E-state index contributed by atoms with van der Waals surface area (Å²) in [5.74, 6) is 1.06. The maximum Gasteiger partial charge on any atom is 0.261 e. The highest BCUT2D eigenvalue weighted by atomic mass is 32.2. The van der Waals surface area contributed by atoms with Gasteiger partial charge in [0.15, 0.2) is 9.84 Å². The highest BCUT2D eigenvalue weighted by Gasteiger charge is 2.25. The molecule has 3 rings (SSSR count). The zero-order chi connectivity index (χ0) is 16.6. The van der Waals surface area contributed by atoms with Crippen molar-refractivity contribution in [1.82, 2.24) is 14.5 Å². The molecule has 1 atom stereocenters. The Morgan fingerprint density at radius 1 is 1.26 bits per heavy atom. The molecule has 6 nitrogen and oxygen atoms in total. The number of aromatic nitrogens is 2. The van der Waals surface area contributed by atoms with Gasteiger partial charge in [-0.1, -0.05) is 12.1 Å². The van der Waals surface area contributed by atoms with Crippen LogP contribution in [0.1, 0.15) is 19.2 Å². The minimum atomic E-state index is -2.96. The topological polar surface area (TPSA) is 72.3 Å². The minimum Gasteiger partial charge on any atom is -0.298 e. The van der Waals surface area contributed by atoms with E-state index in [-0.39, 0.29) is 23.1 Å². The van der Waals surface area contributed by atoms with Crippen molar-refractivity contribution < 1.29 is 8.42 Å². The molecular weight excluding hydrogens is 314 g/mol. The van der Waals surface area contributed by atoms with Gasteiger partial charge in [0, 0.05) is 19.6 Å². The fourth-order valence-electron chi connectivity index (χ4n) is 2.93. The van der Waals surface area contributed by atoms with E-state index < -0.39 is 9.84 Å². The molecule has 1 aliphatic rings. The minimum absolute atomic E-state index is 0.0688. The Morgan fingerprint density at radius 2 is 2.00 bits per heavy atom. The zero-order valence-electron chi connectivity index (χ0n) is 13.4. The number of sulfone groups is 1. The van der Waals surface area contributed by atoms with Crippen LogP contribution in [0.4, 0.5) is 0 Å². The number of benzene rings is 1. The van der Waals surface area contributed by atoms with Crippen molar-refractivity contribution in [3.8, 4) is 0 Å². The zero-order valence-corrected chi connectivity index (χ0v) is 14.2. The predicted octanol–water partition coefficient (Wildman–Crippen LogP) is 0.942. The van der Waals surface area contributed by atoms with Crippen LogP contribution in [-0.2, 0) is 23.4 Å². The molecule has 1 fully saturated rings. The molecule has 1 aliphatic heterocycles. The molecule has 0 saturated carbocycles. The van der Waals surface area contributed by atoms with Crippen molar-refractivity contribution in [2.45, 2.75) is 25.9 Å². The van der Waals surface area contributed by atoms with Crippen molar-refractivity contribution in [3.05, 3.63) is 40.4 Å². The molecule has 0 radical (unpaired) electrons. The fraction of sp³-hybridized carbons (Fsp3) is 0.500. The number of nitrogens with zero attached hydrogens (tertiary/aromatic N) is 3. The lowest BCUT2D eigenvalue weighted by Gasteiger charge is -2.26. The molecular formula is C16H21N3O3S. The van der Waals surface area contributed by atoms with Crippen LogP contribution in [0.15, 0.2) is 29.1 Å². The van der Waals surface area contributed by atoms with Gasteiger partial charge in [0.2, 0.25) is 0 Å². The van der Waals surface area contributed by atoms with E-state index in [1.54, 1.807) is 17.7 Å². The molecule has 0 bridgehead atoms. The van der Waals surface area contributed by atoms with Gasteiger partial charge in [-0.2, -0.15) is 0 Å². The van der Waals surface area contributed by atoms with Crippen LogP contribution in [-0.4, -0.2) is 47.0 Å². The lowest BCUT2D eigenvalue weighted by Crippen LogP contribution is -2.36. The van der Waals surface area contributed by atoms with Crippen LogP contribution in [0.3, 0.4) is 0 Å². The first-order valence-corrected chi connectivity index (χ1v) is 9.58. The van der Waals surface area contributed by atoms with Gasteiger partial charge in [-0.15, -0.1) is 0 Å². The number of fused-ring (bicyclic) bond motifs is 1. The molecule has 0 spiro atoms. The second kappa shape index (κ2) is 6.05. The Hall–Kier alpha value is -1.73. The normalized spacial score (nSPS) is 22.1. The summed E-state index contributed by atoms with van der Waals surface area (Å²) in [6.45, 7) is 2.99. The highest BCUT2D eigenvalue weighted by molar-refractivity contribution is 7.91. The Bertz CT molecular complexity index is 889. The summed E-state index contributed by atoms with van der Waals surface area (Å²) in [4.78, 5) is 19.2. The maximum absolute atomic E-state index is 12.5. The lowest BCUT2D eigenvalue weighted by molar-refractivity contribution is 0.204. The largest absolute Gasteiger partial charge is 0.298 e. The molecule has 2 heterocycles. The monoisotopic (exact) mass is 335 g/mol. The number of hydrogen-bond acceptors (Lipinski definition) is 5. The van der Waals surface area contributed by atoms with Gasteiger partial charge in [0.05, 0.1) is 29.0 Å². The molecule has 1 aromatic heterocycles. The van der Waals surface area contributed by atoms with E-state index in [1.807, 2.05) is 25.1 Å². The molecule has 1 aromatic carbocycles. The van der Waals surface area contributed by atoms with Gasteiger partial charge in [0.1, 0.15) is 5.82 Å². The fourth-order valence-corrected chi connectivity index (χ4v) is 4.35. The smallest absolute Gasteiger partial charge is 0.261 e. The van der Waals surface area contributed by atoms with E-state index in [0.29, 0.717) is 36.2 Å². The highest BCUT2D eigenvalue weighted by Crippen LogP contribution is 2.16. The van der Waals surface area contributed by atoms with E-state index in [4.69, 9.17) is 0 Å². The van der Waals surface area contributed by atoms with Gasteiger partial charge in [-0.05, 0) is 25.5 Å². The Labute approximate surface area is 135 Å². The van der Waals surface area contributed by atoms with Crippen LogP contribution in [0, 0.1) is 0 Å². The Kier molecular flexibility index (Phi) is 4.25. The maximum atomic E-state index is 12.5. The molecule has 0 aliphatic carbocycles. The van der Waals surface area contributed by atoms with E-state index in [2.05, 4.69) is 9.88 Å². The summed E-state index contributed by atoms with van der Waals surface area (Å²) in [6.07, 6.45) is 0.615. The van der Waals surface area contributed by atoms with Crippen molar-refractivity contribution in [2.24, 2.45) is 7.05 Å². The second-order valence-electron chi connectivity index (χ2n) is 6.17. The van der Waals surface area contributed by atoms with Gasteiger partial charge < -0.3 is 0 Å². The molecule has 124 valence electrons. The van der Waals surface area contributed by atoms with Crippen molar-refractivity contribution in [2.75, 3.05) is 18.1 Å². The first-order valence-electron chi connectivity index (χ1n) is 7.76. The Balaban J connectivity index is 1.95. The predicted molar refractivity (Wildman–Crippen MR) is 90.1 cm³/mol. The van der Waals surface area contributed by atoms with Crippen molar-refractivity contribution >= 4 is 20.7 Å². The van der Waals surface area contributed by atoms with Crippen LogP contribution >= 0.6 is 0 Å². The van der Waals surface area contributed by atoms with E-state index in [1.165, 1.54) is 0 Å². The van der Waals surface area contributed by atoms with Crippen LogP contribution < -0.4 is 5.56 Å². The molecule has 0 N–H and O–H groups in total. The summed E-state index contributed by atoms with van der Waals surface area (Å²) in [7, 11) is -1.24. The SMILES string of the molecule is CC1CCS(=O)(=O)CCN1Cc1nc2ccccc2c(=O)n1C. The van der Waals surface area contributed by atoms with E-state index in [9.17, 15) is 13.2 Å². The lowest BCUT2D eigenvalue weighted by atomic mass is 10.2. The summed E-state index contributed by atoms with van der Waals surface area (Å²) < 4.78 is 25.2. The Morgan fingerprint density at radius 3 is 2.78 bits per heavy atom. The van der Waals surface area contributed by atoms with Gasteiger partial charge in [-0.25, -0.2) is 13.4 Å².